The van der Waals surface area contributed by atoms with Crippen LogP contribution in [0, 0.1) is 6.92 Å². The highest BCUT2D eigenvalue weighted by atomic mass is 32.1. The smallest absolute Gasteiger partial charge is 0.409 e. The van der Waals surface area contributed by atoms with Crippen molar-refractivity contribution in [3.63, 3.8) is 0 Å². The number of carbonyl (C=O) groups is 4. The lowest BCUT2D eigenvalue weighted by Gasteiger charge is -2.33. The van der Waals surface area contributed by atoms with Crippen LogP contribution in [0.1, 0.15) is 46.4 Å². The number of rotatable bonds is 7. The van der Waals surface area contributed by atoms with Crippen molar-refractivity contribution in [2.75, 3.05) is 51.3 Å². The van der Waals surface area contributed by atoms with Crippen LogP contribution in [0.15, 0.2) is 0 Å². The quantitative estimate of drug-likeness (QED) is 0.527. The van der Waals surface area contributed by atoms with Gasteiger partial charge in [0.2, 0.25) is 5.91 Å². The van der Waals surface area contributed by atoms with E-state index in [0.717, 1.165) is 11.3 Å². The van der Waals surface area contributed by atoms with Crippen LogP contribution < -0.4 is 5.32 Å². The van der Waals surface area contributed by atoms with E-state index in [4.69, 9.17) is 9.47 Å². The molecule has 1 aliphatic heterocycles. The summed E-state index contributed by atoms with van der Waals surface area (Å²) in [7, 11) is 0. The molecule has 0 bridgehead atoms. The van der Waals surface area contributed by atoms with E-state index in [1.54, 1.807) is 25.7 Å². The van der Waals surface area contributed by atoms with Gasteiger partial charge >= 0.3 is 12.1 Å². The van der Waals surface area contributed by atoms with Gasteiger partial charge in [0.05, 0.1) is 30.2 Å². The minimum atomic E-state index is -0.563. The van der Waals surface area contributed by atoms with Crippen LogP contribution >= 0.6 is 11.3 Å². The number of hydrogen-bond donors (Lipinski definition) is 1. The molecule has 1 aliphatic rings. The number of thiophene rings is 1. The third-order valence-corrected chi connectivity index (χ3v) is 5.77. The Morgan fingerprint density at radius 2 is 1.66 bits per heavy atom. The average Bonchev–Trinajstić information content (AvgIpc) is 2.98. The zero-order valence-corrected chi connectivity index (χ0v) is 18.0. The summed E-state index contributed by atoms with van der Waals surface area (Å²) in [5.74, 6) is -1.03. The first kappa shape index (κ1) is 22.8. The molecule has 2 rings (SSSR count). The van der Waals surface area contributed by atoms with E-state index in [1.807, 2.05) is 4.90 Å². The molecule has 1 aromatic rings. The summed E-state index contributed by atoms with van der Waals surface area (Å²) in [5, 5.41) is 3.07. The Labute approximate surface area is 173 Å². The van der Waals surface area contributed by atoms with Gasteiger partial charge in [-0.1, -0.05) is 0 Å². The van der Waals surface area contributed by atoms with Gasteiger partial charge in [0.25, 0.3) is 0 Å². The van der Waals surface area contributed by atoms with Crippen LogP contribution in [0.3, 0.4) is 0 Å². The maximum Gasteiger partial charge on any atom is 0.409 e. The number of anilines is 1. The molecule has 1 saturated heterocycles. The molecule has 1 N–H and O–H groups in total. The topological polar surface area (TPSA) is 105 Å². The largest absolute Gasteiger partial charge is 0.462 e. The van der Waals surface area contributed by atoms with Gasteiger partial charge in [-0.05, 0) is 33.3 Å². The molecule has 0 aromatic carbocycles. The van der Waals surface area contributed by atoms with E-state index in [-0.39, 0.29) is 36.5 Å². The first-order valence-electron chi connectivity index (χ1n) is 9.53. The summed E-state index contributed by atoms with van der Waals surface area (Å²) in [4.78, 5) is 52.4. The van der Waals surface area contributed by atoms with Gasteiger partial charge in [0.15, 0.2) is 5.78 Å². The highest BCUT2D eigenvalue weighted by Crippen LogP contribution is 2.34. The Morgan fingerprint density at radius 3 is 2.21 bits per heavy atom. The van der Waals surface area contributed by atoms with Crippen LogP contribution in [0.4, 0.5) is 9.80 Å². The number of ether oxygens (including phenoxy) is 2. The second kappa shape index (κ2) is 10.4. The number of amides is 2. The summed E-state index contributed by atoms with van der Waals surface area (Å²) in [6, 6.07) is 0. The van der Waals surface area contributed by atoms with Crippen molar-refractivity contribution >= 4 is 40.1 Å². The Balaban J connectivity index is 2.02. The molecular weight excluding hydrogens is 398 g/mol. The molecule has 0 spiro atoms. The Bertz CT molecular complexity index is 783. The van der Waals surface area contributed by atoms with Crippen LogP contribution in [-0.2, 0) is 14.3 Å². The normalized spacial score (nSPS) is 14.4. The molecule has 0 radical (unpaired) electrons. The van der Waals surface area contributed by atoms with Crippen LogP contribution in [0.25, 0.3) is 0 Å². The van der Waals surface area contributed by atoms with Crippen molar-refractivity contribution in [2.45, 2.75) is 27.7 Å². The molecule has 0 aliphatic carbocycles. The van der Waals surface area contributed by atoms with Gasteiger partial charge in [0.1, 0.15) is 5.00 Å². The van der Waals surface area contributed by atoms with E-state index in [1.165, 1.54) is 6.92 Å². The van der Waals surface area contributed by atoms with Crippen molar-refractivity contribution in [1.82, 2.24) is 9.80 Å². The van der Waals surface area contributed by atoms with Gasteiger partial charge < -0.3 is 19.7 Å². The van der Waals surface area contributed by atoms with Gasteiger partial charge in [-0.15, -0.1) is 11.3 Å². The minimum Gasteiger partial charge on any atom is -0.462 e. The second-order valence-corrected chi connectivity index (χ2v) is 7.57. The minimum absolute atomic E-state index is 0.116. The van der Waals surface area contributed by atoms with Crippen molar-refractivity contribution in [3.05, 3.63) is 16.0 Å². The van der Waals surface area contributed by atoms with E-state index >= 15 is 0 Å². The Hall–Kier alpha value is -2.46. The number of piperazine rings is 1. The Kier molecular flexibility index (Phi) is 8.15. The molecule has 2 amide bonds. The number of carbonyl (C=O) groups excluding carboxylic acids is 4. The number of Topliss-reactive ketones (excluding diaryl/α,β-unsaturated/α-hetero) is 1. The fourth-order valence-electron chi connectivity index (χ4n) is 3.06. The number of nitrogens with zero attached hydrogens (tertiary/aromatic N) is 2. The van der Waals surface area contributed by atoms with Crippen molar-refractivity contribution in [2.24, 2.45) is 0 Å². The fourth-order valence-corrected chi connectivity index (χ4v) is 4.17. The summed E-state index contributed by atoms with van der Waals surface area (Å²) in [6.07, 6.45) is -0.346. The molecule has 160 valence electrons. The first-order valence-corrected chi connectivity index (χ1v) is 10.3. The van der Waals surface area contributed by atoms with Crippen LogP contribution in [-0.4, -0.2) is 79.5 Å². The molecule has 2 heterocycles. The molecular formula is C19H27N3O6S. The Morgan fingerprint density at radius 1 is 1.03 bits per heavy atom. The number of nitrogens with one attached hydrogen (secondary N) is 1. The lowest BCUT2D eigenvalue weighted by molar-refractivity contribution is -0.117. The SMILES string of the molecule is CCOC(=O)c1c(NC(=O)CN2CCN(C(=O)OCC)CC2)sc(C(C)=O)c1C. The van der Waals surface area contributed by atoms with E-state index < -0.39 is 5.97 Å². The summed E-state index contributed by atoms with van der Waals surface area (Å²) in [6.45, 7) is 9.22. The van der Waals surface area contributed by atoms with Gasteiger partial charge in [-0.3, -0.25) is 14.5 Å². The first-order chi connectivity index (χ1) is 13.8. The number of ketones is 1. The lowest BCUT2D eigenvalue weighted by Crippen LogP contribution is -2.50. The summed E-state index contributed by atoms with van der Waals surface area (Å²) in [5.41, 5.74) is 0.738. The summed E-state index contributed by atoms with van der Waals surface area (Å²) < 4.78 is 10.1. The highest BCUT2D eigenvalue weighted by molar-refractivity contribution is 7.18. The molecule has 10 heteroatoms. The average molecular weight is 426 g/mol. The standard InChI is InChI=1S/C19H27N3O6S/c1-5-27-18(25)15-12(3)16(13(4)23)29-17(15)20-14(24)11-21-7-9-22(10-8-21)19(26)28-6-2/h5-11H2,1-4H3,(H,20,24). The van der Waals surface area contributed by atoms with E-state index in [0.29, 0.717) is 48.2 Å². The summed E-state index contributed by atoms with van der Waals surface area (Å²) >= 11 is 1.08. The van der Waals surface area contributed by atoms with E-state index in [9.17, 15) is 19.2 Å². The molecule has 1 aromatic heterocycles. The molecule has 1 fully saturated rings. The predicted molar refractivity (Wildman–Crippen MR) is 109 cm³/mol. The van der Waals surface area contributed by atoms with Crippen LogP contribution in [0.5, 0.6) is 0 Å². The van der Waals surface area contributed by atoms with Gasteiger partial charge in [0, 0.05) is 26.2 Å². The molecule has 0 atom stereocenters. The maximum absolute atomic E-state index is 12.5. The second-order valence-electron chi connectivity index (χ2n) is 6.55. The molecule has 29 heavy (non-hydrogen) atoms. The van der Waals surface area contributed by atoms with Crippen molar-refractivity contribution in [3.8, 4) is 0 Å². The fraction of sp³-hybridized carbons (Fsp3) is 0.579. The molecule has 9 nitrogen and oxygen atoms in total. The molecule has 0 unspecified atom stereocenters. The zero-order chi connectivity index (χ0) is 21.6. The zero-order valence-electron chi connectivity index (χ0n) is 17.2. The monoisotopic (exact) mass is 425 g/mol. The highest BCUT2D eigenvalue weighted by Gasteiger charge is 2.27. The van der Waals surface area contributed by atoms with Crippen LogP contribution in [0.2, 0.25) is 0 Å². The third kappa shape index (κ3) is 5.77. The predicted octanol–water partition coefficient (Wildman–Crippen LogP) is 2.15. The van der Waals surface area contributed by atoms with Gasteiger partial charge in [-0.25, -0.2) is 9.59 Å². The van der Waals surface area contributed by atoms with Crippen molar-refractivity contribution < 1.29 is 28.7 Å². The maximum atomic E-state index is 12.5. The van der Waals surface area contributed by atoms with Gasteiger partial charge in [-0.2, -0.15) is 0 Å². The number of esters is 1. The van der Waals surface area contributed by atoms with Crippen molar-refractivity contribution in [1.29, 1.82) is 0 Å². The molecule has 0 saturated carbocycles. The number of hydrogen-bond acceptors (Lipinski definition) is 8. The lowest BCUT2D eigenvalue weighted by atomic mass is 10.1. The van der Waals surface area contributed by atoms with E-state index in [2.05, 4.69) is 5.32 Å². The third-order valence-electron chi connectivity index (χ3n) is 4.46.